The molecule has 19 heavy (non-hydrogen) atoms. The van der Waals surface area contributed by atoms with Crippen molar-refractivity contribution >= 4 is 15.8 Å². The van der Waals surface area contributed by atoms with Gasteiger partial charge in [-0.25, -0.2) is 23.1 Å². The van der Waals surface area contributed by atoms with E-state index in [-0.39, 0.29) is 11.8 Å². The van der Waals surface area contributed by atoms with E-state index in [9.17, 15) is 8.42 Å². The summed E-state index contributed by atoms with van der Waals surface area (Å²) in [6.07, 6.45) is 5.61. The minimum absolute atomic E-state index is 0.181. The molecule has 1 aromatic heterocycles. The van der Waals surface area contributed by atoms with E-state index in [1.807, 2.05) is 6.07 Å². The number of hydrogen-bond acceptors (Lipinski definition) is 5. The predicted molar refractivity (Wildman–Crippen MR) is 72.3 cm³/mol. The van der Waals surface area contributed by atoms with E-state index >= 15 is 0 Å². The fraction of sp³-hybridized carbons (Fsp3) is 0.667. The van der Waals surface area contributed by atoms with E-state index in [4.69, 9.17) is 0 Å². The fourth-order valence-corrected chi connectivity index (χ4v) is 3.58. The minimum Gasteiger partial charge on any atom is -0.357 e. The Morgan fingerprint density at radius 1 is 1.32 bits per heavy atom. The summed E-state index contributed by atoms with van der Waals surface area (Å²) in [5, 5.41) is -0.200. The number of nitrogens with one attached hydrogen (secondary N) is 1. The van der Waals surface area contributed by atoms with Crippen LogP contribution >= 0.6 is 0 Å². The zero-order chi connectivity index (χ0) is 13.3. The molecule has 1 saturated heterocycles. The monoisotopic (exact) mass is 282 g/mol. The van der Waals surface area contributed by atoms with Crippen molar-refractivity contribution in [3.63, 3.8) is 0 Å². The van der Waals surface area contributed by atoms with Crippen molar-refractivity contribution in [1.82, 2.24) is 14.7 Å². The maximum atomic E-state index is 11.7. The lowest BCUT2D eigenvalue weighted by Crippen LogP contribution is -2.28. The second-order valence-electron chi connectivity index (χ2n) is 5.09. The molecule has 6 nitrogen and oxygen atoms in total. The Balaban J connectivity index is 1.66. The lowest BCUT2D eigenvalue weighted by Gasteiger charge is -2.16. The van der Waals surface area contributed by atoms with Crippen molar-refractivity contribution < 1.29 is 8.42 Å². The Morgan fingerprint density at radius 3 is 2.74 bits per heavy atom. The van der Waals surface area contributed by atoms with Gasteiger partial charge < -0.3 is 4.90 Å². The largest absolute Gasteiger partial charge is 0.357 e. The van der Waals surface area contributed by atoms with Crippen LogP contribution in [-0.4, -0.2) is 36.7 Å². The highest BCUT2D eigenvalue weighted by Gasteiger charge is 2.35. The van der Waals surface area contributed by atoms with Gasteiger partial charge in [-0.05, 0) is 31.7 Å². The molecule has 0 spiro atoms. The van der Waals surface area contributed by atoms with Crippen molar-refractivity contribution in [3.8, 4) is 0 Å². The van der Waals surface area contributed by atoms with Crippen molar-refractivity contribution in [3.05, 3.63) is 18.1 Å². The summed E-state index contributed by atoms with van der Waals surface area (Å²) in [7, 11) is -3.16. The number of rotatable bonds is 5. The van der Waals surface area contributed by atoms with Crippen LogP contribution in [0.5, 0.6) is 0 Å². The van der Waals surface area contributed by atoms with E-state index in [0.717, 1.165) is 31.7 Å². The van der Waals surface area contributed by atoms with Gasteiger partial charge in [-0.15, -0.1) is 0 Å². The second kappa shape index (κ2) is 5.05. The highest BCUT2D eigenvalue weighted by molar-refractivity contribution is 7.90. The molecule has 2 aliphatic rings. The van der Waals surface area contributed by atoms with Gasteiger partial charge in [0.25, 0.3) is 0 Å². The summed E-state index contributed by atoms with van der Waals surface area (Å²) >= 11 is 0. The molecule has 7 heteroatoms. The highest BCUT2D eigenvalue weighted by Crippen LogP contribution is 2.27. The zero-order valence-electron chi connectivity index (χ0n) is 10.7. The van der Waals surface area contributed by atoms with Crippen LogP contribution in [0.4, 0.5) is 5.82 Å². The summed E-state index contributed by atoms with van der Waals surface area (Å²) in [6.45, 7) is 2.22. The molecular weight excluding hydrogens is 264 g/mol. The topological polar surface area (TPSA) is 75.2 Å². The number of sulfonamides is 1. The second-order valence-corrected chi connectivity index (χ2v) is 7.14. The van der Waals surface area contributed by atoms with Crippen LogP contribution in [0.3, 0.4) is 0 Å². The minimum atomic E-state index is -3.16. The molecule has 0 radical (unpaired) electrons. The summed E-state index contributed by atoms with van der Waals surface area (Å²) in [5.41, 5.74) is 0. The summed E-state index contributed by atoms with van der Waals surface area (Å²) in [6, 6.07) is 1.88. The quantitative estimate of drug-likeness (QED) is 0.858. The lowest BCUT2D eigenvalue weighted by atomic mass is 10.4. The normalized spacial score (nSPS) is 19.9. The Kier molecular flexibility index (Phi) is 3.40. The molecule has 2 fully saturated rings. The number of hydrogen-bond donors (Lipinski definition) is 1. The first-order valence-corrected chi connectivity index (χ1v) is 8.25. The molecule has 1 saturated carbocycles. The number of aromatic nitrogens is 2. The van der Waals surface area contributed by atoms with E-state index in [0.29, 0.717) is 5.82 Å². The van der Waals surface area contributed by atoms with Crippen molar-refractivity contribution in [2.45, 2.75) is 37.5 Å². The fourth-order valence-electron chi connectivity index (χ4n) is 2.26. The van der Waals surface area contributed by atoms with Crippen molar-refractivity contribution in [1.29, 1.82) is 0 Å². The molecule has 1 aliphatic carbocycles. The average Bonchev–Trinajstić information content (AvgIpc) is 3.14. The summed E-state index contributed by atoms with van der Waals surface area (Å²) in [4.78, 5) is 10.8. The molecule has 1 aliphatic heterocycles. The zero-order valence-corrected chi connectivity index (χ0v) is 11.6. The number of nitrogens with zero attached hydrogens (tertiary/aromatic N) is 3. The Bertz CT molecular complexity index is 551. The average molecular weight is 282 g/mol. The van der Waals surface area contributed by atoms with E-state index in [1.54, 1.807) is 6.20 Å². The smallest absolute Gasteiger partial charge is 0.214 e. The molecule has 0 aromatic carbocycles. The molecular formula is C12H18N4O2S. The van der Waals surface area contributed by atoms with Crippen LogP contribution in [0.25, 0.3) is 0 Å². The lowest BCUT2D eigenvalue weighted by molar-refractivity contribution is 0.577. The van der Waals surface area contributed by atoms with E-state index in [1.165, 1.54) is 12.8 Å². The third-order valence-electron chi connectivity index (χ3n) is 3.52. The van der Waals surface area contributed by atoms with Gasteiger partial charge in [0.05, 0.1) is 11.8 Å². The first kappa shape index (κ1) is 12.8. The molecule has 0 bridgehead atoms. The predicted octanol–water partition coefficient (Wildman–Crippen LogP) is 0.659. The van der Waals surface area contributed by atoms with E-state index in [2.05, 4.69) is 19.6 Å². The Morgan fingerprint density at radius 2 is 2.05 bits per heavy atom. The third-order valence-corrected chi connectivity index (χ3v) is 5.41. The summed E-state index contributed by atoms with van der Waals surface area (Å²) < 4.78 is 26.0. The van der Waals surface area contributed by atoms with Crippen LogP contribution in [-0.2, 0) is 16.6 Å². The first-order valence-electron chi connectivity index (χ1n) is 6.70. The van der Waals surface area contributed by atoms with Gasteiger partial charge >= 0.3 is 0 Å². The number of anilines is 1. The first-order chi connectivity index (χ1) is 9.15. The molecule has 0 atom stereocenters. The summed E-state index contributed by atoms with van der Waals surface area (Å²) in [5.74, 6) is 1.43. The van der Waals surface area contributed by atoms with E-state index < -0.39 is 10.0 Å². The Labute approximate surface area is 113 Å². The molecule has 0 unspecified atom stereocenters. The van der Waals surface area contributed by atoms with Gasteiger partial charge in [-0.3, -0.25) is 0 Å². The highest BCUT2D eigenvalue weighted by atomic mass is 32.2. The van der Waals surface area contributed by atoms with Gasteiger partial charge in [0.1, 0.15) is 11.6 Å². The molecule has 2 heterocycles. The molecule has 104 valence electrons. The standard InChI is InChI=1S/C12H18N4O2S/c17-19(18,10-3-4-10)14-9-11-13-6-5-12(15-11)16-7-1-2-8-16/h5-6,10,14H,1-4,7-9H2. The van der Waals surface area contributed by atoms with Gasteiger partial charge in [0, 0.05) is 19.3 Å². The Hall–Kier alpha value is -1.21. The third kappa shape index (κ3) is 3.03. The maximum Gasteiger partial charge on any atom is 0.214 e. The van der Waals surface area contributed by atoms with Gasteiger partial charge in [0.2, 0.25) is 10.0 Å². The molecule has 3 rings (SSSR count). The van der Waals surface area contributed by atoms with Crippen LogP contribution in [0.1, 0.15) is 31.5 Å². The maximum absolute atomic E-state index is 11.7. The van der Waals surface area contributed by atoms with Crippen molar-refractivity contribution in [2.24, 2.45) is 0 Å². The van der Waals surface area contributed by atoms with Crippen LogP contribution in [0, 0.1) is 0 Å². The van der Waals surface area contributed by atoms with Crippen LogP contribution in [0.15, 0.2) is 12.3 Å². The van der Waals surface area contributed by atoms with Crippen LogP contribution in [0.2, 0.25) is 0 Å². The van der Waals surface area contributed by atoms with Crippen LogP contribution < -0.4 is 9.62 Å². The van der Waals surface area contributed by atoms with Crippen molar-refractivity contribution in [2.75, 3.05) is 18.0 Å². The molecule has 0 amide bonds. The SMILES string of the molecule is O=S(=O)(NCc1nccc(N2CCCC2)n1)C1CC1. The van der Waals surface area contributed by atoms with Gasteiger partial charge in [-0.2, -0.15) is 0 Å². The van der Waals surface area contributed by atoms with Gasteiger partial charge in [-0.1, -0.05) is 0 Å². The molecule has 1 aromatic rings. The molecule has 1 N–H and O–H groups in total. The van der Waals surface area contributed by atoms with Gasteiger partial charge in [0.15, 0.2) is 0 Å².